The Bertz CT molecular complexity index is 1420. The summed E-state index contributed by atoms with van der Waals surface area (Å²) in [5, 5.41) is 9.32. The first-order chi connectivity index (χ1) is 17.0. The van der Waals surface area contributed by atoms with Crippen molar-refractivity contribution < 1.29 is 0 Å². The zero-order valence-electron chi connectivity index (χ0n) is 21.2. The lowest BCUT2D eigenvalue weighted by Gasteiger charge is -2.14. The maximum atomic E-state index is 4.78. The Hall–Kier alpha value is -2.80. The van der Waals surface area contributed by atoms with E-state index in [-0.39, 0.29) is 0 Å². The van der Waals surface area contributed by atoms with Crippen LogP contribution in [0.2, 0.25) is 0 Å². The van der Waals surface area contributed by atoms with Gasteiger partial charge in [0.25, 0.3) is 0 Å². The molecule has 7 heteroatoms. The number of fused-ring (bicyclic) bond motifs is 3. The van der Waals surface area contributed by atoms with Gasteiger partial charge in [-0.05, 0) is 81.0 Å². The van der Waals surface area contributed by atoms with Gasteiger partial charge in [-0.25, -0.2) is 4.98 Å². The van der Waals surface area contributed by atoms with Crippen molar-refractivity contribution in [2.75, 3.05) is 5.32 Å². The monoisotopic (exact) mass is 486 g/mol. The van der Waals surface area contributed by atoms with Gasteiger partial charge in [-0.2, -0.15) is 5.10 Å². The lowest BCUT2D eigenvalue weighted by Crippen LogP contribution is -2.08. The van der Waals surface area contributed by atoms with Crippen LogP contribution in [-0.4, -0.2) is 23.9 Å². The molecule has 3 aliphatic rings. The fourth-order valence-electron chi connectivity index (χ4n) is 7.10. The predicted molar refractivity (Wildman–Crippen MR) is 141 cm³/mol. The van der Waals surface area contributed by atoms with E-state index in [9.17, 15) is 0 Å². The number of thiazole rings is 1. The second-order valence-corrected chi connectivity index (χ2v) is 11.9. The molecule has 0 saturated carbocycles. The highest BCUT2D eigenvalue weighted by molar-refractivity contribution is 7.15. The van der Waals surface area contributed by atoms with Crippen molar-refractivity contribution in [2.45, 2.75) is 70.1 Å². The van der Waals surface area contributed by atoms with E-state index in [1.54, 1.807) is 16.9 Å². The Balaban J connectivity index is 1.14. The maximum absolute atomic E-state index is 4.78. The second-order valence-electron chi connectivity index (χ2n) is 10.9. The summed E-state index contributed by atoms with van der Waals surface area (Å²) in [7, 11) is 6.56. The summed E-state index contributed by atoms with van der Waals surface area (Å²) in [6.45, 7) is 2.26. The molecule has 2 atom stereocenters. The van der Waals surface area contributed by atoms with E-state index in [0.717, 1.165) is 36.6 Å². The van der Waals surface area contributed by atoms with Crippen LogP contribution in [0.4, 0.5) is 10.9 Å². The lowest BCUT2D eigenvalue weighted by atomic mass is 9.97. The Morgan fingerprint density at radius 3 is 2.71 bits per heavy atom. The molecule has 0 saturated heterocycles. The van der Waals surface area contributed by atoms with Gasteiger partial charge in [0, 0.05) is 78.6 Å². The predicted octanol–water partition coefficient (Wildman–Crippen LogP) is 5.44. The Morgan fingerprint density at radius 1 is 1.00 bits per heavy atom. The molecule has 182 valence electrons. The molecule has 0 radical (unpaired) electrons. The normalized spacial score (nSPS) is 20.8. The van der Waals surface area contributed by atoms with Gasteiger partial charge in [0.1, 0.15) is 0 Å². The number of aromatic nitrogens is 5. The molecule has 6 nitrogen and oxygen atoms in total. The van der Waals surface area contributed by atoms with Gasteiger partial charge in [-0.3, -0.25) is 4.68 Å². The molecule has 4 aromatic heterocycles. The summed E-state index contributed by atoms with van der Waals surface area (Å²) >= 11 is 1.81. The number of hydrogen-bond donors (Lipinski definition) is 1. The molecule has 0 bridgehead atoms. The first-order valence-corrected chi connectivity index (χ1v) is 13.9. The second kappa shape index (κ2) is 7.85. The highest BCUT2D eigenvalue weighted by atomic mass is 32.1. The van der Waals surface area contributed by atoms with Crippen molar-refractivity contribution in [2.24, 2.45) is 21.1 Å². The summed E-state index contributed by atoms with van der Waals surface area (Å²) < 4.78 is 6.92. The Morgan fingerprint density at radius 2 is 1.86 bits per heavy atom. The van der Waals surface area contributed by atoms with Crippen molar-refractivity contribution in [3.63, 3.8) is 0 Å². The van der Waals surface area contributed by atoms with E-state index in [2.05, 4.69) is 65.7 Å². The standard InChI is InChI=1S/C28H34N6S/c1-16-15-32(2)25-12-17(11-20(16)25)24-13-21-18(9-10-22(21)33(24)3)26-14-29-28(35-26)30-27-19-7-5-6-8-23(19)34(4)31-27/h13-15,17-18H,5-12H2,1-4H3,(H,29,30,31). The SMILES string of the molecule is Cc1cn(C)c2c1CC(c1cc3c(n1C)CCC3c1cnc(Nc3nn(C)c4c3CCCC4)s1)C2. The Kier molecular flexibility index (Phi) is 4.82. The fourth-order valence-corrected chi connectivity index (χ4v) is 8.07. The van der Waals surface area contributed by atoms with Crippen LogP contribution in [0.15, 0.2) is 18.5 Å². The highest BCUT2D eigenvalue weighted by Crippen LogP contribution is 2.45. The molecule has 0 aliphatic heterocycles. The van der Waals surface area contributed by atoms with Gasteiger partial charge < -0.3 is 14.5 Å². The first kappa shape index (κ1) is 21.5. The van der Waals surface area contributed by atoms with Crippen molar-refractivity contribution in [1.29, 1.82) is 0 Å². The van der Waals surface area contributed by atoms with Crippen molar-refractivity contribution in [3.8, 4) is 0 Å². The molecule has 3 aliphatic carbocycles. The molecule has 0 fully saturated rings. The average molecular weight is 487 g/mol. The minimum Gasteiger partial charge on any atom is -0.354 e. The van der Waals surface area contributed by atoms with E-state index >= 15 is 0 Å². The first-order valence-electron chi connectivity index (χ1n) is 13.1. The quantitative estimate of drug-likeness (QED) is 0.418. The van der Waals surface area contributed by atoms with E-state index in [4.69, 9.17) is 10.1 Å². The molecular weight excluding hydrogens is 452 g/mol. The van der Waals surface area contributed by atoms with Crippen LogP contribution < -0.4 is 5.32 Å². The van der Waals surface area contributed by atoms with Crippen LogP contribution in [0.1, 0.15) is 81.0 Å². The molecule has 0 spiro atoms. The summed E-state index contributed by atoms with van der Waals surface area (Å²) in [6.07, 6.45) is 13.8. The molecule has 4 heterocycles. The van der Waals surface area contributed by atoms with Crippen molar-refractivity contribution in [3.05, 3.63) is 68.4 Å². The van der Waals surface area contributed by atoms with Gasteiger partial charge in [0.15, 0.2) is 10.9 Å². The molecule has 0 amide bonds. The fraction of sp³-hybridized carbons (Fsp3) is 0.500. The number of aryl methyl sites for hydroxylation is 3. The zero-order valence-corrected chi connectivity index (χ0v) is 22.0. The van der Waals surface area contributed by atoms with E-state index < -0.39 is 0 Å². The third-order valence-electron chi connectivity index (χ3n) is 8.88. The van der Waals surface area contributed by atoms with Gasteiger partial charge in [0.2, 0.25) is 0 Å². The smallest absolute Gasteiger partial charge is 0.188 e. The van der Waals surface area contributed by atoms with Crippen LogP contribution in [0.5, 0.6) is 0 Å². The highest BCUT2D eigenvalue weighted by Gasteiger charge is 2.34. The molecule has 4 aromatic rings. The van der Waals surface area contributed by atoms with Crippen LogP contribution in [-0.2, 0) is 53.2 Å². The number of anilines is 2. The number of nitrogens with zero attached hydrogens (tertiary/aromatic N) is 5. The third kappa shape index (κ3) is 3.27. The number of hydrogen-bond acceptors (Lipinski definition) is 4. The lowest BCUT2D eigenvalue weighted by molar-refractivity contribution is 0.626. The van der Waals surface area contributed by atoms with Crippen LogP contribution in [0, 0.1) is 6.92 Å². The molecule has 1 N–H and O–H groups in total. The van der Waals surface area contributed by atoms with Gasteiger partial charge >= 0.3 is 0 Å². The molecular formula is C28H34N6S. The van der Waals surface area contributed by atoms with Crippen LogP contribution in [0.25, 0.3) is 0 Å². The average Bonchev–Trinajstić information content (AvgIpc) is 3.66. The molecule has 35 heavy (non-hydrogen) atoms. The number of rotatable bonds is 4. The van der Waals surface area contributed by atoms with E-state index in [1.165, 1.54) is 70.0 Å². The van der Waals surface area contributed by atoms with Gasteiger partial charge in [-0.15, -0.1) is 11.3 Å². The topological polar surface area (TPSA) is 52.6 Å². The van der Waals surface area contributed by atoms with Gasteiger partial charge in [-0.1, -0.05) is 0 Å². The van der Waals surface area contributed by atoms with Gasteiger partial charge in [0.05, 0.1) is 0 Å². The molecule has 0 aromatic carbocycles. The minimum atomic E-state index is 0.459. The maximum Gasteiger partial charge on any atom is 0.188 e. The van der Waals surface area contributed by atoms with E-state index in [0.29, 0.717) is 11.8 Å². The van der Waals surface area contributed by atoms with Crippen LogP contribution >= 0.6 is 11.3 Å². The van der Waals surface area contributed by atoms with E-state index in [1.807, 2.05) is 0 Å². The minimum absolute atomic E-state index is 0.459. The Labute approximate surface area is 211 Å². The third-order valence-corrected chi connectivity index (χ3v) is 9.90. The van der Waals surface area contributed by atoms with Crippen molar-refractivity contribution in [1.82, 2.24) is 23.9 Å². The molecule has 2 unspecified atom stereocenters. The van der Waals surface area contributed by atoms with Crippen LogP contribution in [0.3, 0.4) is 0 Å². The van der Waals surface area contributed by atoms with Crippen molar-refractivity contribution >= 4 is 22.3 Å². The number of nitrogens with one attached hydrogen (secondary N) is 1. The summed E-state index contributed by atoms with van der Waals surface area (Å²) in [5.74, 6) is 2.06. The zero-order chi connectivity index (χ0) is 23.8. The largest absolute Gasteiger partial charge is 0.354 e. The summed E-state index contributed by atoms with van der Waals surface area (Å²) in [6, 6.07) is 2.53. The summed E-state index contributed by atoms with van der Waals surface area (Å²) in [4.78, 5) is 6.16. The summed E-state index contributed by atoms with van der Waals surface area (Å²) in [5.41, 5.74) is 11.9. The molecule has 7 rings (SSSR count).